The van der Waals surface area contributed by atoms with Gasteiger partial charge in [-0.1, -0.05) is 36.4 Å². The molecule has 170 valence electrons. The first kappa shape index (κ1) is 21.4. The smallest absolute Gasteiger partial charge is 0.252 e. The highest BCUT2D eigenvalue weighted by molar-refractivity contribution is 5.94. The summed E-state index contributed by atoms with van der Waals surface area (Å²) in [6, 6.07) is 17.5. The zero-order chi connectivity index (χ0) is 23.0. The van der Waals surface area contributed by atoms with Crippen LogP contribution in [-0.2, 0) is 22.6 Å². The van der Waals surface area contributed by atoms with Crippen molar-refractivity contribution in [3.05, 3.63) is 83.7 Å². The molecule has 2 aromatic carbocycles. The molecule has 0 radical (unpaired) electrons. The molecule has 7 heteroatoms. The third-order valence-corrected chi connectivity index (χ3v) is 6.95. The zero-order valence-corrected chi connectivity index (χ0v) is 18.6. The highest BCUT2D eigenvalue weighted by Crippen LogP contribution is 2.50. The molecule has 1 saturated carbocycles. The van der Waals surface area contributed by atoms with E-state index in [1.54, 1.807) is 15.8 Å². The molecule has 1 fully saturated rings. The van der Waals surface area contributed by atoms with Crippen LogP contribution in [0.3, 0.4) is 0 Å². The molecule has 1 aromatic heterocycles. The second-order valence-corrected chi connectivity index (χ2v) is 9.07. The molecule has 2 aliphatic rings. The minimum atomic E-state index is -1.32. The van der Waals surface area contributed by atoms with Crippen molar-refractivity contribution in [3.63, 3.8) is 0 Å². The van der Waals surface area contributed by atoms with Gasteiger partial charge in [0.1, 0.15) is 6.10 Å². The van der Waals surface area contributed by atoms with Crippen molar-refractivity contribution in [2.45, 2.75) is 44.9 Å². The van der Waals surface area contributed by atoms with Crippen LogP contribution in [0.4, 0.5) is 0 Å². The molecule has 2 N–H and O–H groups in total. The Kier molecular flexibility index (Phi) is 5.50. The number of nitrogens with zero attached hydrogens (tertiary/aromatic N) is 3. The number of amides is 2. The van der Waals surface area contributed by atoms with Crippen LogP contribution in [0.1, 0.15) is 42.5 Å². The number of nitrogens with one attached hydrogen (secondary N) is 1. The van der Waals surface area contributed by atoms with E-state index in [-0.39, 0.29) is 17.9 Å². The first-order valence-corrected chi connectivity index (χ1v) is 11.4. The van der Waals surface area contributed by atoms with E-state index in [0.717, 1.165) is 23.2 Å². The van der Waals surface area contributed by atoms with Gasteiger partial charge in [-0.25, -0.2) is 4.68 Å². The molecule has 2 heterocycles. The summed E-state index contributed by atoms with van der Waals surface area (Å²) >= 11 is 0. The third kappa shape index (κ3) is 4.04. The van der Waals surface area contributed by atoms with Crippen LogP contribution in [0.25, 0.3) is 5.69 Å². The van der Waals surface area contributed by atoms with Crippen molar-refractivity contribution in [2.24, 2.45) is 5.41 Å². The average Bonchev–Trinajstić information content (AvgIpc) is 3.49. The summed E-state index contributed by atoms with van der Waals surface area (Å²) in [7, 11) is 0. The number of aliphatic hydroxyl groups excluding tert-OH is 1. The molecule has 0 spiro atoms. The maximum absolute atomic E-state index is 13.1. The van der Waals surface area contributed by atoms with E-state index in [9.17, 15) is 14.7 Å². The molecule has 5 rings (SSSR count). The number of carbonyl (C=O) groups excluding carboxylic acids is 2. The van der Waals surface area contributed by atoms with Gasteiger partial charge in [0.25, 0.3) is 5.91 Å². The Morgan fingerprint density at radius 3 is 2.45 bits per heavy atom. The number of aliphatic hydroxyl groups is 1. The lowest BCUT2D eigenvalue weighted by molar-refractivity contribution is -0.150. The summed E-state index contributed by atoms with van der Waals surface area (Å²) in [6.45, 7) is 2.94. The van der Waals surface area contributed by atoms with Gasteiger partial charge in [-0.05, 0) is 61.1 Å². The van der Waals surface area contributed by atoms with E-state index >= 15 is 0 Å². The molecule has 3 aromatic rings. The Morgan fingerprint density at radius 1 is 1.06 bits per heavy atom. The van der Waals surface area contributed by atoms with Crippen molar-refractivity contribution in [3.8, 4) is 5.69 Å². The molecular formula is C26H28N4O3. The number of benzene rings is 2. The van der Waals surface area contributed by atoms with Crippen LogP contribution >= 0.6 is 0 Å². The van der Waals surface area contributed by atoms with Gasteiger partial charge in [0.05, 0.1) is 17.1 Å². The number of rotatable bonds is 6. The SMILES string of the molecule is C[C@@H](NC(=O)C1([C@@H](O)C(=O)N2CCc3ccccc3C2)CC1)c1ccc(-n2cccn2)cc1. The lowest BCUT2D eigenvalue weighted by Crippen LogP contribution is -2.50. The first-order valence-electron chi connectivity index (χ1n) is 11.4. The van der Waals surface area contributed by atoms with Crippen LogP contribution in [0.2, 0.25) is 0 Å². The van der Waals surface area contributed by atoms with Gasteiger partial charge < -0.3 is 15.3 Å². The van der Waals surface area contributed by atoms with Gasteiger partial charge in [-0.2, -0.15) is 5.10 Å². The number of hydrogen-bond acceptors (Lipinski definition) is 4. The van der Waals surface area contributed by atoms with Crippen LogP contribution in [0.5, 0.6) is 0 Å². The minimum Gasteiger partial charge on any atom is -0.382 e. The van der Waals surface area contributed by atoms with Crippen LogP contribution in [0, 0.1) is 5.41 Å². The van der Waals surface area contributed by atoms with Gasteiger partial charge in [-0.15, -0.1) is 0 Å². The predicted octanol–water partition coefficient (Wildman–Crippen LogP) is 2.78. The Morgan fingerprint density at radius 2 is 1.79 bits per heavy atom. The molecule has 0 saturated heterocycles. The highest BCUT2D eigenvalue weighted by Gasteiger charge is 2.58. The fourth-order valence-corrected chi connectivity index (χ4v) is 4.61. The monoisotopic (exact) mass is 444 g/mol. The molecule has 0 unspecified atom stereocenters. The van der Waals surface area contributed by atoms with Crippen molar-refractivity contribution >= 4 is 11.8 Å². The maximum atomic E-state index is 13.1. The lowest BCUT2D eigenvalue weighted by atomic mass is 9.94. The Bertz CT molecular complexity index is 1150. The number of carbonyl (C=O) groups is 2. The molecular weight excluding hydrogens is 416 g/mol. The van der Waals surface area contributed by atoms with Crippen LogP contribution in [0.15, 0.2) is 67.0 Å². The summed E-state index contributed by atoms with van der Waals surface area (Å²) in [5, 5.41) is 18.2. The van der Waals surface area contributed by atoms with Gasteiger partial charge in [0.15, 0.2) is 0 Å². The standard InChI is InChI=1S/C26H28N4O3/c1-18(19-7-9-22(10-8-19)30-15-4-14-27-30)28-25(33)26(12-13-26)23(31)24(32)29-16-11-20-5-2-3-6-21(20)17-29/h2-10,14-15,18,23,31H,11-13,16-17H2,1H3,(H,28,33)/t18-,23+/m1/s1. The molecule has 2 atom stereocenters. The normalized spacial score (nSPS) is 18.2. The molecule has 33 heavy (non-hydrogen) atoms. The molecule has 2 amide bonds. The second-order valence-electron chi connectivity index (χ2n) is 9.07. The predicted molar refractivity (Wildman–Crippen MR) is 123 cm³/mol. The molecule has 0 bridgehead atoms. The van der Waals surface area contributed by atoms with E-state index in [2.05, 4.69) is 16.5 Å². The van der Waals surface area contributed by atoms with Crippen LogP contribution < -0.4 is 5.32 Å². The van der Waals surface area contributed by atoms with E-state index in [4.69, 9.17) is 0 Å². The molecule has 1 aliphatic carbocycles. The van der Waals surface area contributed by atoms with Crippen LogP contribution in [-0.4, -0.2) is 44.3 Å². The number of hydrogen-bond donors (Lipinski definition) is 2. The fraction of sp³-hybridized carbons (Fsp3) is 0.346. The number of aromatic nitrogens is 2. The summed E-state index contributed by atoms with van der Waals surface area (Å²) in [5.74, 6) is -0.613. The second kappa shape index (κ2) is 8.48. The third-order valence-electron chi connectivity index (χ3n) is 6.95. The summed E-state index contributed by atoms with van der Waals surface area (Å²) in [4.78, 5) is 27.9. The zero-order valence-electron chi connectivity index (χ0n) is 18.6. The Balaban J connectivity index is 1.23. The van der Waals surface area contributed by atoms with Crippen molar-refractivity contribution in [2.75, 3.05) is 6.54 Å². The van der Waals surface area contributed by atoms with Gasteiger partial charge in [-0.3, -0.25) is 9.59 Å². The van der Waals surface area contributed by atoms with Crippen molar-refractivity contribution in [1.82, 2.24) is 20.0 Å². The van der Waals surface area contributed by atoms with E-state index in [0.29, 0.717) is 25.9 Å². The van der Waals surface area contributed by atoms with E-state index in [1.807, 2.05) is 61.7 Å². The number of fused-ring (bicyclic) bond motifs is 1. The molecule has 7 nitrogen and oxygen atoms in total. The average molecular weight is 445 g/mol. The summed E-state index contributed by atoms with van der Waals surface area (Å²) in [6.07, 6.45) is 4.07. The van der Waals surface area contributed by atoms with Gasteiger partial charge >= 0.3 is 0 Å². The summed E-state index contributed by atoms with van der Waals surface area (Å²) < 4.78 is 1.77. The summed E-state index contributed by atoms with van der Waals surface area (Å²) in [5.41, 5.74) is 3.19. The Hall–Kier alpha value is -3.45. The van der Waals surface area contributed by atoms with Gasteiger partial charge in [0.2, 0.25) is 5.91 Å². The van der Waals surface area contributed by atoms with Crippen molar-refractivity contribution in [1.29, 1.82) is 0 Å². The fourth-order valence-electron chi connectivity index (χ4n) is 4.61. The maximum Gasteiger partial charge on any atom is 0.252 e. The first-order chi connectivity index (χ1) is 16.0. The molecule has 1 aliphatic heterocycles. The largest absolute Gasteiger partial charge is 0.382 e. The van der Waals surface area contributed by atoms with Gasteiger partial charge in [0, 0.05) is 25.5 Å². The lowest BCUT2D eigenvalue weighted by Gasteiger charge is -2.32. The van der Waals surface area contributed by atoms with Crippen molar-refractivity contribution < 1.29 is 14.7 Å². The quantitative estimate of drug-likeness (QED) is 0.612. The highest BCUT2D eigenvalue weighted by atomic mass is 16.3. The van der Waals surface area contributed by atoms with E-state index in [1.165, 1.54) is 5.56 Å². The van der Waals surface area contributed by atoms with E-state index < -0.39 is 11.5 Å². The topological polar surface area (TPSA) is 87.5 Å². The Labute approximate surface area is 193 Å². The minimum absolute atomic E-state index is 0.245.